The van der Waals surface area contributed by atoms with Crippen LogP contribution in [0.3, 0.4) is 0 Å². The standard InChI is InChI=1S/C18H20N4O/c1-13-7-8-22(18-12-20-11-14(10-19)21-18)16(9-13)15-5-3-4-6-17(15)23-2/h3-6,11-13,16H,7-9H2,1-2H3/t13-,16+/m0/s1. The van der Waals surface area contributed by atoms with Crippen molar-refractivity contribution in [3.05, 3.63) is 47.9 Å². The number of aromatic nitrogens is 2. The van der Waals surface area contributed by atoms with Gasteiger partial charge in [0, 0.05) is 12.1 Å². The van der Waals surface area contributed by atoms with Gasteiger partial charge in [-0.05, 0) is 24.8 Å². The number of nitrogens with zero attached hydrogens (tertiary/aromatic N) is 4. The third kappa shape index (κ3) is 3.11. The van der Waals surface area contributed by atoms with E-state index in [1.54, 1.807) is 13.3 Å². The molecule has 0 unspecified atom stereocenters. The first-order valence-electron chi connectivity index (χ1n) is 7.84. The van der Waals surface area contributed by atoms with Crippen LogP contribution in [0.15, 0.2) is 36.7 Å². The Morgan fingerprint density at radius 2 is 2.13 bits per heavy atom. The van der Waals surface area contributed by atoms with Crippen molar-refractivity contribution in [3.63, 3.8) is 0 Å². The van der Waals surface area contributed by atoms with E-state index in [1.807, 2.05) is 18.2 Å². The van der Waals surface area contributed by atoms with E-state index in [4.69, 9.17) is 10.00 Å². The number of anilines is 1. The fourth-order valence-electron chi connectivity index (χ4n) is 3.20. The summed E-state index contributed by atoms with van der Waals surface area (Å²) in [6.07, 6.45) is 5.36. The normalized spacial score (nSPS) is 20.8. The molecule has 1 saturated heterocycles. The molecule has 2 aromatic rings. The van der Waals surface area contributed by atoms with Crippen molar-refractivity contribution in [3.8, 4) is 11.8 Å². The Kier molecular flexibility index (Phi) is 4.42. The van der Waals surface area contributed by atoms with Crippen molar-refractivity contribution in [2.45, 2.75) is 25.8 Å². The van der Waals surface area contributed by atoms with E-state index in [2.05, 4.69) is 33.9 Å². The summed E-state index contributed by atoms with van der Waals surface area (Å²) in [6.45, 7) is 3.17. The topological polar surface area (TPSA) is 62.0 Å². The second-order valence-corrected chi connectivity index (χ2v) is 5.96. The Labute approximate surface area is 136 Å². The minimum Gasteiger partial charge on any atom is -0.496 e. The molecule has 5 nitrogen and oxygen atoms in total. The van der Waals surface area contributed by atoms with Gasteiger partial charge >= 0.3 is 0 Å². The molecular formula is C18H20N4O. The van der Waals surface area contributed by atoms with Crippen LogP contribution in [0.5, 0.6) is 5.75 Å². The fraction of sp³-hybridized carbons (Fsp3) is 0.389. The first kappa shape index (κ1) is 15.3. The van der Waals surface area contributed by atoms with Crippen LogP contribution in [0.4, 0.5) is 5.82 Å². The number of benzene rings is 1. The van der Waals surface area contributed by atoms with Crippen LogP contribution in [0.1, 0.15) is 37.1 Å². The van der Waals surface area contributed by atoms with Gasteiger partial charge in [0.1, 0.15) is 17.6 Å². The van der Waals surface area contributed by atoms with Crippen LogP contribution in [0.25, 0.3) is 0 Å². The SMILES string of the molecule is COc1ccccc1[C@H]1C[C@@H](C)CCN1c1cncc(C#N)n1. The molecule has 0 bridgehead atoms. The van der Waals surface area contributed by atoms with Crippen molar-refractivity contribution < 1.29 is 4.74 Å². The highest BCUT2D eigenvalue weighted by atomic mass is 16.5. The molecule has 2 heterocycles. The maximum Gasteiger partial charge on any atom is 0.161 e. The van der Waals surface area contributed by atoms with Crippen LogP contribution in [-0.4, -0.2) is 23.6 Å². The van der Waals surface area contributed by atoms with E-state index in [9.17, 15) is 0 Å². The van der Waals surface area contributed by atoms with Crippen molar-refractivity contribution in [2.75, 3.05) is 18.6 Å². The first-order chi connectivity index (χ1) is 11.2. The van der Waals surface area contributed by atoms with Gasteiger partial charge in [-0.25, -0.2) is 4.98 Å². The quantitative estimate of drug-likeness (QED) is 0.870. The van der Waals surface area contributed by atoms with E-state index >= 15 is 0 Å². The predicted molar refractivity (Wildman–Crippen MR) is 88.2 cm³/mol. The molecule has 0 aliphatic carbocycles. The van der Waals surface area contributed by atoms with E-state index < -0.39 is 0 Å². The number of piperidine rings is 1. The average Bonchev–Trinajstić information content (AvgIpc) is 2.61. The molecule has 1 aliphatic heterocycles. The molecule has 0 saturated carbocycles. The molecular weight excluding hydrogens is 288 g/mol. The summed E-state index contributed by atoms with van der Waals surface area (Å²) in [5.41, 5.74) is 1.51. The lowest BCUT2D eigenvalue weighted by atomic mass is 9.88. The minimum atomic E-state index is 0.179. The molecule has 3 rings (SSSR count). The average molecular weight is 308 g/mol. The molecule has 118 valence electrons. The Morgan fingerprint density at radius 3 is 2.91 bits per heavy atom. The highest BCUT2D eigenvalue weighted by Crippen LogP contribution is 2.39. The summed E-state index contributed by atoms with van der Waals surface area (Å²) < 4.78 is 5.55. The number of methoxy groups -OCH3 is 1. The van der Waals surface area contributed by atoms with Crippen molar-refractivity contribution >= 4 is 5.82 Å². The number of hydrogen-bond donors (Lipinski definition) is 0. The number of para-hydroxylation sites is 1. The Balaban J connectivity index is 2.01. The van der Waals surface area contributed by atoms with Gasteiger partial charge in [0.25, 0.3) is 0 Å². The zero-order valence-electron chi connectivity index (χ0n) is 13.4. The molecule has 0 spiro atoms. The summed E-state index contributed by atoms with van der Waals surface area (Å²) in [6, 6.07) is 10.4. The van der Waals surface area contributed by atoms with E-state index in [0.29, 0.717) is 11.6 Å². The van der Waals surface area contributed by atoms with E-state index in [0.717, 1.165) is 36.5 Å². The monoisotopic (exact) mass is 308 g/mol. The van der Waals surface area contributed by atoms with Crippen molar-refractivity contribution in [2.24, 2.45) is 5.92 Å². The molecule has 1 aliphatic rings. The lowest BCUT2D eigenvalue weighted by Gasteiger charge is -2.40. The highest BCUT2D eigenvalue weighted by molar-refractivity contribution is 5.47. The predicted octanol–water partition coefficient (Wildman–Crippen LogP) is 3.33. The highest BCUT2D eigenvalue weighted by Gasteiger charge is 2.30. The van der Waals surface area contributed by atoms with Gasteiger partial charge < -0.3 is 9.64 Å². The van der Waals surface area contributed by atoms with E-state index in [-0.39, 0.29) is 6.04 Å². The van der Waals surface area contributed by atoms with Crippen LogP contribution < -0.4 is 9.64 Å². The maximum atomic E-state index is 9.08. The molecule has 2 atom stereocenters. The molecule has 1 fully saturated rings. The van der Waals surface area contributed by atoms with E-state index in [1.165, 1.54) is 6.20 Å². The smallest absolute Gasteiger partial charge is 0.161 e. The third-order valence-electron chi connectivity index (χ3n) is 4.39. The van der Waals surface area contributed by atoms with Crippen LogP contribution in [0, 0.1) is 17.2 Å². The molecule has 1 aromatic carbocycles. The van der Waals surface area contributed by atoms with Gasteiger partial charge in [-0.1, -0.05) is 25.1 Å². The van der Waals surface area contributed by atoms with Crippen molar-refractivity contribution in [1.82, 2.24) is 9.97 Å². The summed E-state index contributed by atoms with van der Waals surface area (Å²) in [5, 5.41) is 9.08. The summed E-state index contributed by atoms with van der Waals surface area (Å²) >= 11 is 0. The molecule has 5 heteroatoms. The zero-order chi connectivity index (χ0) is 16.2. The first-order valence-corrected chi connectivity index (χ1v) is 7.84. The third-order valence-corrected chi connectivity index (χ3v) is 4.39. The fourth-order valence-corrected chi connectivity index (χ4v) is 3.20. The van der Waals surface area contributed by atoms with Gasteiger partial charge in [-0.15, -0.1) is 0 Å². The molecule has 1 aromatic heterocycles. The molecule has 0 radical (unpaired) electrons. The number of ether oxygens (including phenoxy) is 1. The van der Waals surface area contributed by atoms with Gasteiger partial charge in [0.15, 0.2) is 5.69 Å². The van der Waals surface area contributed by atoms with Gasteiger partial charge in [0.05, 0.1) is 25.5 Å². The maximum absolute atomic E-state index is 9.08. The van der Waals surface area contributed by atoms with Gasteiger partial charge in [-0.2, -0.15) is 5.26 Å². The Hall–Kier alpha value is -2.61. The number of nitriles is 1. The molecule has 0 N–H and O–H groups in total. The Bertz CT molecular complexity index is 725. The second-order valence-electron chi connectivity index (χ2n) is 5.96. The van der Waals surface area contributed by atoms with Crippen molar-refractivity contribution in [1.29, 1.82) is 5.26 Å². The molecule has 0 amide bonds. The lowest BCUT2D eigenvalue weighted by molar-refractivity contribution is 0.350. The zero-order valence-corrected chi connectivity index (χ0v) is 13.4. The van der Waals surface area contributed by atoms with Crippen LogP contribution in [0.2, 0.25) is 0 Å². The van der Waals surface area contributed by atoms with Crippen LogP contribution >= 0.6 is 0 Å². The lowest BCUT2D eigenvalue weighted by Crippen LogP contribution is -2.37. The van der Waals surface area contributed by atoms with Gasteiger partial charge in [0.2, 0.25) is 0 Å². The summed E-state index contributed by atoms with van der Waals surface area (Å²) in [7, 11) is 1.70. The number of hydrogen-bond acceptors (Lipinski definition) is 5. The largest absolute Gasteiger partial charge is 0.496 e. The summed E-state index contributed by atoms with van der Waals surface area (Å²) in [5.74, 6) is 2.28. The van der Waals surface area contributed by atoms with Gasteiger partial charge in [-0.3, -0.25) is 4.98 Å². The van der Waals surface area contributed by atoms with Crippen LogP contribution in [-0.2, 0) is 0 Å². The number of rotatable bonds is 3. The Morgan fingerprint density at radius 1 is 1.30 bits per heavy atom. The molecule has 23 heavy (non-hydrogen) atoms. The second kappa shape index (κ2) is 6.66. The summed E-state index contributed by atoms with van der Waals surface area (Å²) in [4.78, 5) is 10.8. The minimum absolute atomic E-state index is 0.179.